The highest BCUT2D eigenvalue weighted by molar-refractivity contribution is 14.0. The minimum Gasteiger partial charge on any atom is -0.388 e. The first-order valence-corrected chi connectivity index (χ1v) is 7.83. The number of guanidine groups is 1. The van der Waals surface area contributed by atoms with Crippen molar-refractivity contribution in [3.63, 3.8) is 0 Å². The van der Waals surface area contributed by atoms with Gasteiger partial charge in [0.15, 0.2) is 5.96 Å². The molecule has 3 N–H and O–H groups in total. The second kappa shape index (κ2) is 10.1. The van der Waals surface area contributed by atoms with Gasteiger partial charge >= 0.3 is 0 Å². The predicted molar refractivity (Wildman–Crippen MR) is 91.2 cm³/mol. The van der Waals surface area contributed by atoms with Crippen molar-refractivity contribution in [1.29, 1.82) is 0 Å². The number of hydrogen-bond acceptors (Lipinski definition) is 3. The number of aliphatic hydroxyl groups is 1. The fourth-order valence-corrected chi connectivity index (χ4v) is 2.34. The Bertz CT molecular complexity index is 245. The van der Waals surface area contributed by atoms with Crippen molar-refractivity contribution < 1.29 is 5.11 Å². The molecule has 1 aliphatic rings. The average Bonchev–Trinajstić information content (AvgIpc) is 2.74. The number of thioether (sulfide) groups is 1. The van der Waals surface area contributed by atoms with Crippen LogP contribution in [0.25, 0.3) is 0 Å². The number of hydrogen-bond donors (Lipinski definition) is 3. The molecule has 0 radical (unpaired) electrons. The molecule has 0 bridgehead atoms. The van der Waals surface area contributed by atoms with Gasteiger partial charge in [0.25, 0.3) is 0 Å². The van der Waals surface area contributed by atoms with E-state index in [2.05, 4.69) is 28.8 Å². The molecule has 0 aromatic rings. The molecule has 0 heterocycles. The number of nitrogens with one attached hydrogen (secondary N) is 2. The normalized spacial score (nSPS) is 18.3. The van der Waals surface area contributed by atoms with Crippen LogP contribution >= 0.6 is 35.7 Å². The van der Waals surface area contributed by atoms with E-state index in [1.807, 2.05) is 11.8 Å². The van der Waals surface area contributed by atoms with Crippen LogP contribution in [-0.2, 0) is 0 Å². The summed E-state index contributed by atoms with van der Waals surface area (Å²) in [6.45, 7) is 4.33. The molecule has 0 aromatic heterocycles. The van der Waals surface area contributed by atoms with Gasteiger partial charge in [-0.15, -0.1) is 24.0 Å². The Morgan fingerprint density at radius 2 is 2.00 bits per heavy atom. The van der Waals surface area contributed by atoms with Crippen molar-refractivity contribution in [2.75, 3.05) is 31.6 Å². The average molecular weight is 387 g/mol. The molecular weight excluding hydrogens is 361 g/mol. The zero-order chi connectivity index (χ0) is 12.6. The van der Waals surface area contributed by atoms with Crippen LogP contribution in [0.3, 0.4) is 0 Å². The van der Waals surface area contributed by atoms with Crippen LogP contribution in [0.4, 0.5) is 0 Å². The molecule has 108 valence electrons. The van der Waals surface area contributed by atoms with E-state index >= 15 is 0 Å². The molecule has 0 amide bonds. The summed E-state index contributed by atoms with van der Waals surface area (Å²) in [6, 6.07) is 0. The summed E-state index contributed by atoms with van der Waals surface area (Å²) in [5.74, 6) is 1.89. The molecule has 0 saturated heterocycles. The van der Waals surface area contributed by atoms with Crippen molar-refractivity contribution in [2.45, 2.75) is 38.2 Å². The van der Waals surface area contributed by atoms with Gasteiger partial charge in [0.2, 0.25) is 0 Å². The van der Waals surface area contributed by atoms with Crippen molar-refractivity contribution in [1.82, 2.24) is 10.6 Å². The highest BCUT2D eigenvalue weighted by Crippen LogP contribution is 2.29. The third-order valence-electron chi connectivity index (χ3n) is 3.01. The number of aliphatic imine (C=N–C) groups is 1. The Hall–Kier alpha value is 0.310. The predicted octanol–water partition coefficient (Wildman–Crippen LogP) is 1.83. The standard InChI is InChI=1S/C12H25N3OS.HI/c1-3-13-11(14-8-9-17-2)15-10-12(16)6-4-5-7-12;/h16H,3-10H2,1-2H3,(H2,13,14,15);1H. The second-order valence-electron chi connectivity index (χ2n) is 4.55. The van der Waals surface area contributed by atoms with E-state index < -0.39 is 5.60 Å². The van der Waals surface area contributed by atoms with Crippen molar-refractivity contribution >= 4 is 41.7 Å². The summed E-state index contributed by atoms with van der Waals surface area (Å²) in [7, 11) is 0. The van der Waals surface area contributed by atoms with E-state index in [0.717, 1.165) is 50.5 Å². The van der Waals surface area contributed by atoms with Gasteiger partial charge in [-0.05, 0) is 26.0 Å². The largest absolute Gasteiger partial charge is 0.388 e. The maximum absolute atomic E-state index is 10.2. The molecule has 1 rings (SSSR count). The fraction of sp³-hybridized carbons (Fsp3) is 0.917. The van der Waals surface area contributed by atoms with E-state index in [9.17, 15) is 5.11 Å². The van der Waals surface area contributed by atoms with Crippen LogP contribution in [0.1, 0.15) is 32.6 Å². The maximum Gasteiger partial charge on any atom is 0.191 e. The molecule has 1 aliphatic carbocycles. The smallest absolute Gasteiger partial charge is 0.191 e. The summed E-state index contributed by atoms with van der Waals surface area (Å²) in [4.78, 5) is 4.47. The minimum atomic E-state index is -0.554. The van der Waals surface area contributed by atoms with Gasteiger partial charge in [0, 0.05) is 18.8 Å². The van der Waals surface area contributed by atoms with Crippen LogP contribution in [0.2, 0.25) is 0 Å². The zero-order valence-electron chi connectivity index (χ0n) is 11.4. The van der Waals surface area contributed by atoms with Crippen molar-refractivity contribution in [3.8, 4) is 0 Å². The van der Waals surface area contributed by atoms with Gasteiger partial charge in [-0.25, -0.2) is 0 Å². The van der Waals surface area contributed by atoms with Crippen LogP contribution in [0.15, 0.2) is 4.99 Å². The molecule has 0 unspecified atom stereocenters. The van der Waals surface area contributed by atoms with E-state index in [0.29, 0.717) is 6.54 Å². The number of halogens is 1. The lowest BCUT2D eigenvalue weighted by Crippen LogP contribution is -2.40. The lowest BCUT2D eigenvalue weighted by molar-refractivity contribution is 0.0574. The molecule has 4 nitrogen and oxygen atoms in total. The van der Waals surface area contributed by atoms with Gasteiger partial charge in [0.05, 0.1) is 12.1 Å². The minimum absolute atomic E-state index is 0. The summed E-state index contributed by atoms with van der Waals surface area (Å²) < 4.78 is 0. The Labute approximate surface area is 132 Å². The number of rotatable bonds is 6. The fourth-order valence-electron chi connectivity index (χ4n) is 2.03. The van der Waals surface area contributed by atoms with Crippen LogP contribution in [-0.4, -0.2) is 48.3 Å². The van der Waals surface area contributed by atoms with Gasteiger partial charge in [-0.1, -0.05) is 12.8 Å². The Balaban J connectivity index is 0.00000289. The van der Waals surface area contributed by atoms with Crippen molar-refractivity contribution in [2.24, 2.45) is 4.99 Å². The van der Waals surface area contributed by atoms with Gasteiger partial charge < -0.3 is 15.7 Å². The maximum atomic E-state index is 10.2. The lowest BCUT2D eigenvalue weighted by Gasteiger charge is -2.20. The van der Waals surface area contributed by atoms with Crippen LogP contribution in [0, 0.1) is 0 Å². The molecule has 0 aliphatic heterocycles. The van der Waals surface area contributed by atoms with Crippen LogP contribution < -0.4 is 10.6 Å². The SMILES string of the molecule is CCNC(=NCC1(O)CCCC1)NCCSC.I. The van der Waals surface area contributed by atoms with E-state index in [4.69, 9.17) is 0 Å². The molecule has 1 fully saturated rings. The highest BCUT2D eigenvalue weighted by atomic mass is 127. The van der Waals surface area contributed by atoms with Gasteiger partial charge in [-0.2, -0.15) is 11.8 Å². The Morgan fingerprint density at radius 3 is 2.56 bits per heavy atom. The van der Waals surface area contributed by atoms with Gasteiger partial charge in [-0.3, -0.25) is 4.99 Å². The molecule has 1 saturated carbocycles. The molecule has 18 heavy (non-hydrogen) atoms. The second-order valence-corrected chi connectivity index (χ2v) is 5.53. The zero-order valence-corrected chi connectivity index (χ0v) is 14.5. The molecule has 0 spiro atoms. The van der Waals surface area contributed by atoms with Gasteiger partial charge in [0.1, 0.15) is 0 Å². The topological polar surface area (TPSA) is 56.7 Å². The highest BCUT2D eigenvalue weighted by Gasteiger charge is 2.30. The van der Waals surface area contributed by atoms with E-state index in [1.165, 1.54) is 0 Å². The van der Waals surface area contributed by atoms with E-state index in [1.54, 1.807) is 0 Å². The Kier molecular flexibility index (Phi) is 10.3. The molecule has 0 aromatic carbocycles. The third-order valence-corrected chi connectivity index (χ3v) is 3.62. The summed E-state index contributed by atoms with van der Waals surface area (Å²) in [6.07, 6.45) is 6.12. The first-order valence-electron chi connectivity index (χ1n) is 6.44. The first-order chi connectivity index (χ1) is 8.20. The first kappa shape index (κ1) is 18.3. The lowest BCUT2D eigenvalue weighted by atomic mass is 10.0. The molecular formula is C12H26IN3OS. The monoisotopic (exact) mass is 387 g/mol. The third kappa shape index (κ3) is 7.04. The summed E-state index contributed by atoms with van der Waals surface area (Å²) >= 11 is 1.81. The number of nitrogens with zero attached hydrogens (tertiary/aromatic N) is 1. The van der Waals surface area contributed by atoms with Crippen LogP contribution in [0.5, 0.6) is 0 Å². The summed E-state index contributed by atoms with van der Waals surface area (Å²) in [5.41, 5.74) is -0.554. The molecule has 0 atom stereocenters. The quantitative estimate of drug-likeness (QED) is 0.282. The Morgan fingerprint density at radius 1 is 1.33 bits per heavy atom. The molecule has 6 heteroatoms. The van der Waals surface area contributed by atoms with E-state index in [-0.39, 0.29) is 24.0 Å². The summed E-state index contributed by atoms with van der Waals surface area (Å²) in [5, 5.41) is 16.7. The van der Waals surface area contributed by atoms with Crippen molar-refractivity contribution in [3.05, 3.63) is 0 Å².